The van der Waals surface area contributed by atoms with Crippen LogP contribution in [0, 0.1) is 0 Å². The molecule has 0 bridgehead atoms. The summed E-state index contributed by atoms with van der Waals surface area (Å²) in [6.45, 7) is 4.27. The van der Waals surface area contributed by atoms with E-state index < -0.39 is 0 Å². The van der Waals surface area contributed by atoms with Crippen LogP contribution in [-0.2, 0) is 11.2 Å². The lowest BCUT2D eigenvalue weighted by Gasteiger charge is -2.24. The third-order valence-corrected chi connectivity index (χ3v) is 4.04. The number of aryl methyl sites for hydroxylation is 1. The summed E-state index contributed by atoms with van der Waals surface area (Å²) < 4.78 is 0. The van der Waals surface area contributed by atoms with Gasteiger partial charge >= 0.3 is 0 Å². The fraction of sp³-hybridized carbons (Fsp3) is 0.471. The summed E-state index contributed by atoms with van der Waals surface area (Å²) in [6, 6.07) is 8.56. The van der Waals surface area contributed by atoms with Gasteiger partial charge in [-0.15, -0.1) is 0 Å². The van der Waals surface area contributed by atoms with Crippen molar-refractivity contribution < 1.29 is 4.79 Å². The minimum atomic E-state index is 0.233. The number of aromatic nitrogens is 1. The zero-order valence-electron chi connectivity index (χ0n) is 12.6. The minimum absolute atomic E-state index is 0.233. The molecule has 1 aromatic heterocycles. The first-order chi connectivity index (χ1) is 9.63. The molecule has 1 aromatic carbocycles. The van der Waals surface area contributed by atoms with Crippen molar-refractivity contribution in [2.24, 2.45) is 0 Å². The number of hydrogen-bond acceptors (Lipinski definition) is 1. The molecule has 108 valence electrons. The van der Waals surface area contributed by atoms with Crippen molar-refractivity contribution in [3.63, 3.8) is 0 Å². The summed E-state index contributed by atoms with van der Waals surface area (Å²) in [5, 5.41) is 1.23. The van der Waals surface area contributed by atoms with Crippen LogP contribution in [0.25, 0.3) is 10.9 Å². The first-order valence-corrected chi connectivity index (χ1v) is 7.44. The molecule has 0 aliphatic heterocycles. The van der Waals surface area contributed by atoms with E-state index in [1.807, 2.05) is 30.3 Å². The molecule has 1 unspecified atom stereocenters. The molecular weight excluding hydrogens is 248 g/mol. The molecule has 0 saturated heterocycles. The molecule has 2 aromatic rings. The molecule has 0 radical (unpaired) electrons. The van der Waals surface area contributed by atoms with Gasteiger partial charge in [-0.2, -0.15) is 0 Å². The van der Waals surface area contributed by atoms with Gasteiger partial charge in [-0.05, 0) is 31.4 Å². The monoisotopic (exact) mass is 272 g/mol. The van der Waals surface area contributed by atoms with Gasteiger partial charge in [0.15, 0.2) is 0 Å². The maximum absolute atomic E-state index is 12.2. The number of para-hydroxylation sites is 1. The molecule has 1 atom stereocenters. The molecule has 0 aliphatic rings. The van der Waals surface area contributed by atoms with E-state index in [-0.39, 0.29) is 5.91 Å². The van der Waals surface area contributed by atoms with Gasteiger partial charge in [-0.1, -0.05) is 31.5 Å². The van der Waals surface area contributed by atoms with Crippen molar-refractivity contribution >= 4 is 16.8 Å². The molecule has 1 N–H and O–H groups in total. The lowest BCUT2D eigenvalue weighted by molar-refractivity contribution is -0.131. The van der Waals surface area contributed by atoms with Crippen molar-refractivity contribution in [1.29, 1.82) is 0 Å². The molecule has 1 heterocycles. The first kappa shape index (κ1) is 14.6. The fourth-order valence-electron chi connectivity index (χ4n) is 2.61. The average molecular weight is 272 g/mol. The molecule has 0 saturated carbocycles. The summed E-state index contributed by atoms with van der Waals surface area (Å²) in [4.78, 5) is 17.4. The summed E-state index contributed by atoms with van der Waals surface area (Å²) in [5.41, 5.74) is 2.37. The highest BCUT2D eigenvalue weighted by Crippen LogP contribution is 2.19. The maximum Gasteiger partial charge on any atom is 0.222 e. The predicted octanol–water partition coefficient (Wildman–Crippen LogP) is 3.75. The Morgan fingerprint density at radius 2 is 2.10 bits per heavy atom. The Labute approximate surface area is 121 Å². The summed E-state index contributed by atoms with van der Waals surface area (Å²) in [6.07, 6.45) is 5.57. The van der Waals surface area contributed by atoms with E-state index in [2.05, 4.69) is 31.0 Å². The number of H-pyrrole nitrogens is 1. The molecule has 1 amide bonds. The van der Waals surface area contributed by atoms with Gasteiger partial charge in [0.05, 0.1) is 0 Å². The van der Waals surface area contributed by atoms with E-state index in [9.17, 15) is 4.79 Å². The Hall–Kier alpha value is -1.77. The first-order valence-electron chi connectivity index (χ1n) is 7.44. The van der Waals surface area contributed by atoms with Gasteiger partial charge in [-0.3, -0.25) is 4.79 Å². The number of rotatable bonds is 6. The number of hydrogen-bond donors (Lipinski definition) is 1. The molecule has 0 aliphatic carbocycles. The lowest BCUT2D eigenvalue weighted by Crippen LogP contribution is -2.35. The Morgan fingerprint density at radius 1 is 1.35 bits per heavy atom. The molecule has 3 heteroatoms. The molecule has 0 spiro atoms. The van der Waals surface area contributed by atoms with Crippen LogP contribution < -0.4 is 0 Å². The standard InChI is InChI=1S/C17H24N2O/c1-4-7-13(2)19(3)17(20)11-10-14-12-18-16-9-6-5-8-15(14)16/h5-6,8-9,12-13,18H,4,7,10-11H2,1-3H3. The van der Waals surface area contributed by atoms with Crippen LogP contribution in [0.5, 0.6) is 0 Å². The second-order valence-corrected chi connectivity index (χ2v) is 5.50. The van der Waals surface area contributed by atoms with E-state index in [0.717, 1.165) is 24.8 Å². The van der Waals surface area contributed by atoms with Crippen LogP contribution >= 0.6 is 0 Å². The minimum Gasteiger partial charge on any atom is -0.361 e. The van der Waals surface area contributed by atoms with E-state index in [0.29, 0.717) is 12.5 Å². The molecule has 3 nitrogen and oxygen atoms in total. The topological polar surface area (TPSA) is 36.1 Å². The molecule has 20 heavy (non-hydrogen) atoms. The van der Waals surface area contributed by atoms with Crippen LogP contribution in [0.3, 0.4) is 0 Å². The van der Waals surface area contributed by atoms with Gasteiger partial charge in [0.1, 0.15) is 0 Å². The van der Waals surface area contributed by atoms with E-state index in [1.54, 1.807) is 0 Å². The number of aromatic amines is 1. The zero-order valence-corrected chi connectivity index (χ0v) is 12.6. The van der Waals surface area contributed by atoms with Crippen molar-refractivity contribution in [3.8, 4) is 0 Å². The number of fused-ring (bicyclic) bond motifs is 1. The van der Waals surface area contributed by atoms with Crippen molar-refractivity contribution in [2.45, 2.75) is 45.6 Å². The number of carbonyl (C=O) groups is 1. The van der Waals surface area contributed by atoms with Crippen LogP contribution in [-0.4, -0.2) is 28.9 Å². The van der Waals surface area contributed by atoms with E-state index >= 15 is 0 Å². The molecular formula is C17H24N2O. The number of benzene rings is 1. The number of nitrogens with one attached hydrogen (secondary N) is 1. The zero-order chi connectivity index (χ0) is 14.5. The fourth-order valence-corrected chi connectivity index (χ4v) is 2.61. The second-order valence-electron chi connectivity index (χ2n) is 5.50. The normalized spacial score (nSPS) is 12.6. The van der Waals surface area contributed by atoms with Crippen molar-refractivity contribution in [3.05, 3.63) is 36.0 Å². The van der Waals surface area contributed by atoms with Crippen LogP contribution in [0.1, 0.15) is 38.7 Å². The van der Waals surface area contributed by atoms with Gasteiger partial charge in [0, 0.05) is 36.6 Å². The largest absolute Gasteiger partial charge is 0.361 e. The highest BCUT2D eigenvalue weighted by atomic mass is 16.2. The lowest BCUT2D eigenvalue weighted by atomic mass is 10.1. The molecule has 0 fully saturated rings. The Morgan fingerprint density at radius 3 is 2.85 bits per heavy atom. The van der Waals surface area contributed by atoms with Gasteiger partial charge in [0.25, 0.3) is 0 Å². The second kappa shape index (κ2) is 6.60. The summed E-state index contributed by atoms with van der Waals surface area (Å²) in [5.74, 6) is 0.233. The number of nitrogens with zero attached hydrogens (tertiary/aromatic N) is 1. The van der Waals surface area contributed by atoms with Crippen LogP contribution in [0.15, 0.2) is 30.5 Å². The van der Waals surface area contributed by atoms with Crippen molar-refractivity contribution in [1.82, 2.24) is 9.88 Å². The maximum atomic E-state index is 12.2. The Kier molecular flexibility index (Phi) is 4.83. The van der Waals surface area contributed by atoms with E-state index in [4.69, 9.17) is 0 Å². The number of amides is 1. The Bertz CT molecular complexity index is 573. The van der Waals surface area contributed by atoms with E-state index in [1.165, 1.54) is 10.9 Å². The summed E-state index contributed by atoms with van der Waals surface area (Å²) in [7, 11) is 1.91. The quantitative estimate of drug-likeness (QED) is 0.854. The van der Waals surface area contributed by atoms with Gasteiger partial charge < -0.3 is 9.88 Å². The third kappa shape index (κ3) is 3.21. The van der Waals surface area contributed by atoms with Crippen molar-refractivity contribution in [2.75, 3.05) is 7.05 Å². The summed E-state index contributed by atoms with van der Waals surface area (Å²) >= 11 is 0. The smallest absolute Gasteiger partial charge is 0.222 e. The third-order valence-electron chi connectivity index (χ3n) is 4.04. The van der Waals surface area contributed by atoms with Crippen LogP contribution in [0.4, 0.5) is 0 Å². The number of carbonyl (C=O) groups excluding carboxylic acids is 1. The SMILES string of the molecule is CCCC(C)N(C)C(=O)CCc1c[nH]c2ccccc12. The van der Waals surface area contributed by atoms with Crippen LogP contribution in [0.2, 0.25) is 0 Å². The van der Waals surface area contributed by atoms with Gasteiger partial charge in [-0.25, -0.2) is 0 Å². The average Bonchev–Trinajstić information content (AvgIpc) is 2.87. The highest BCUT2D eigenvalue weighted by Gasteiger charge is 2.15. The highest BCUT2D eigenvalue weighted by molar-refractivity contribution is 5.84. The molecule has 2 rings (SSSR count). The predicted molar refractivity (Wildman–Crippen MR) is 83.8 cm³/mol. The Balaban J connectivity index is 1.96. The van der Waals surface area contributed by atoms with Gasteiger partial charge in [0.2, 0.25) is 5.91 Å².